The number of hydrogen-bond donors (Lipinski definition) is 1. The first kappa shape index (κ1) is 13.7. The van der Waals surface area contributed by atoms with E-state index in [-0.39, 0.29) is 29.8 Å². The van der Waals surface area contributed by atoms with Crippen molar-refractivity contribution in [2.24, 2.45) is 5.14 Å². The van der Waals surface area contributed by atoms with Gasteiger partial charge in [0.2, 0.25) is 15.9 Å². The first-order valence-corrected chi connectivity index (χ1v) is 7.57. The van der Waals surface area contributed by atoms with E-state index in [1.165, 1.54) is 11.1 Å². The van der Waals surface area contributed by atoms with Crippen LogP contribution in [0.3, 0.4) is 0 Å². The van der Waals surface area contributed by atoms with Gasteiger partial charge >= 0.3 is 0 Å². The average Bonchev–Trinajstić information content (AvgIpc) is 2.64. The zero-order chi connectivity index (χ0) is 13.5. The number of halogens is 2. The highest BCUT2D eigenvalue weighted by Gasteiger charge is 2.38. The third-order valence-corrected chi connectivity index (χ3v) is 4.48. The molecule has 0 aliphatic carbocycles. The fourth-order valence-corrected chi connectivity index (χ4v) is 2.88. The molecule has 0 aromatic carbocycles. The van der Waals surface area contributed by atoms with Gasteiger partial charge in [0.1, 0.15) is 15.0 Å². The Kier molecular flexibility index (Phi) is 3.58. The van der Waals surface area contributed by atoms with Crippen molar-refractivity contribution in [1.82, 2.24) is 9.97 Å². The van der Waals surface area contributed by atoms with E-state index < -0.39 is 15.3 Å². The lowest BCUT2D eigenvalue weighted by molar-refractivity contribution is -0.117. The molecule has 1 aliphatic heterocycles. The van der Waals surface area contributed by atoms with E-state index >= 15 is 0 Å². The summed E-state index contributed by atoms with van der Waals surface area (Å²) in [5.74, 6) is -0.190. The zero-order valence-corrected chi connectivity index (χ0v) is 12.0. The maximum absolute atomic E-state index is 11.8. The Morgan fingerprint density at radius 3 is 2.78 bits per heavy atom. The van der Waals surface area contributed by atoms with Gasteiger partial charge in [0.25, 0.3) is 0 Å². The topological polar surface area (TPSA) is 106 Å². The number of nitrogens with zero attached hydrogens (tertiary/aromatic N) is 3. The number of nitrogens with two attached hydrogens (primary N) is 1. The van der Waals surface area contributed by atoms with Gasteiger partial charge in [-0.15, -0.1) is 0 Å². The Hall–Kier alpha value is -0.770. The lowest BCUT2D eigenvalue weighted by Gasteiger charge is -2.16. The van der Waals surface area contributed by atoms with Gasteiger partial charge in [0.15, 0.2) is 5.82 Å². The predicted octanol–water partition coefficient (Wildman–Crippen LogP) is 0.286. The summed E-state index contributed by atoms with van der Waals surface area (Å²) in [6, 6.07) is 0. The molecule has 0 bridgehead atoms. The molecular formula is C8H8BrClN4O3S. The van der Waals surface area contributed by atoms with Gasteiger partial charge in [-0.05, 0) is 15.9 Å². The quantitative estimate of drug-likeness (QED) is 0.820. The van der Waals surface area contributed by atoms with Crippen LogP contribution in [0.15, 0.2) is 10.8 Å². The number of aromatic nitrogens is 2. The van der Waals surface area contributed by atoms with Gasteiger partial charge in [-0.1, -0.05) is 11.6 Å². The molecule has 10 heteroatoms. The number of carbonyl (C=O) groups excluding carboxylic acids is 1. The van der Waals surface area contributed by atoms with E-state index in [1.807, 2.05) is 0 Å². The summed E-state index contributed by atoms with van der Waals surface area (Å²) in [6.45, 7) is -0.0503. The predicted molar refractivity (Wildman–Crippen MR) is 68.6 cm³/mol. The number of amides is 1. The molecule has 0 spiro atoms. The van der Waals surface area contributed by atoms with Crippen LogP contribution in [-0.4, -0.2) is 36.1 Å². The molecule has 1 unspecified atom stereocenters. The first-order valence-electron chi connectivity index (χ1n) is 4.79. The average molecular weight is 356 g/mol. The second-order valence-corrected chi connectivity index (χ2v) is 6.71. The second-order valence-electron chi connectivity index (χ2n) is 3.73. The van der Waals surface area contributed by atoms with Gasteiger partial charge in [-0.25, -0.2) is 23.5 Å². The normalized spacial score (nSPS) is 20.5. The fraction of sp³-hybridized carbons (Fsp3) is 0.375. The molecule has 2 rings (SSSR count). The van der Waals surface area contributed by atoms with Crippen molar-refractivity contribution in [3.8, 4) is 0 Å². The summed E-state index contributed by atoms with van der Waals surface area (Å²) in [6.07, 6.45) is 1.15. The highest BCUT2D eigenvalue weighted by atomic mass is 79.9. The summed E-state index contributed by atoms with van der Waals surface area (Å²) in [5.41, 5.74) is 0. The largest absolute Gasteiger partial charge is 0.293 e. The maximum Gasteiger partial charge on any atom is 0.229 e. The van der Waals surface area contributed by atoms with Crippen molar-refractivity contribution in [1.29, 1.82) is 0 Å². The minimum atomic E-state index is -3.76. The van der Waals surface area contributed by atoms with E-state index in [0.717, 1.165) is 0 Å². The maximum atomic E-state index is 11.8. The number of carbonyl (C=O) groups is 1. The third kappa shape index (κ3) is 2.63. The van der Waals surface area contributed by atoms with Crippen LogP contribution in [0.4, 0.5) is 5.82 Å². The Labute approximate surface area is 117 Å². The molecule has 1 fully saturated rings. The summed E-state index contributed by atoms with van der Waals surface area (Å²) >= 11 is 8.83. The molecule has 2 N–H and O–H groups in total. The highest BCUT2D eigenvalue weighted by Crippen LogP contribution is 2.28. The van der Waals surface area contributed by atoms with Crippen LogP contribution in [-0.2, 0) is 14.8 Å². The van der Waals surface area contributed by atoms with Crippen LogP contribution < -0.4 is 10.0 Å². The molecule has 2 heterocycles. The Morgan fingerprint density at radius 2 is 2.22 bits per heavy atom. The minimum Gasteiger partial charge on any atom is -0.293 e. The molecule has 1 atom stereocenters. The fourth-order valence-electron chi connectivity index (χ4n) is 1.62. The van der Waals surface area contributed by atoms with E-state index in [0.29, 0.717) is 4.60 Å². The van der Waals surface area contributed by atoms with Gasteiger partial charge in [-0.2, -0.15) is 0 Å². The Bertz CT molecular complexity index is 608. The number of anilines is 1. The van der Waals surface area contributed by atoms with Crippen LogP contribution in [0.25, 0.3) is 0 Å². The molecule has 1 aromatic heterocycles. The highest BCUT2D eigenvalue weighted by molar-refractivity contribution is 9.10. The standard InChI is InChI=1S/C8H8BrClN4O3S/c9-7-8(13-5(10)2-12-7)14-3-4(1-6(14)15)18(11,16)17/h2,4H,1,3H2,(H2,11,16,17). The molecule has 7 nitrogen and oxygen atoms in total. The number of hydrogen-bond acceptors (Lipinski definition) is 5. The Balaban J connectivity index is 2.35. The molecule has 98 valence electrons. The first-order chi connectivity index (χ1) is 8.29. The molecule has 1 saturated heterocycles. The molecular weight excluding hydrogens is 348 g/mol. The van der Waals surface area contributed by atoms with Gasteiger partial charge in [-0.3, -0.25) is 9.69 Å². The molecule has 18 heavy (non-hydrogen) atoms. The van der Waals surface area contributed by atoms with Crippen LogP contribution >= 0.6 is 27.5 Å². The monoisotopic (exact) mass is 354 g/mol. The minimum absolute atomic E-state index is 0.0503. The summed E-state index contributed by atoms with van der Waals surface area (Å²) < 4.78 is 22.8. The van der Waals surface area contributed by atoms with Crippen LogP contribution in [0, 0.1) is 0 Å². The van der Waals surface area contributed by atoms with Crippen molar-refractivity contribution in [2.45, 2.75) is 11.7 Å². The van der Waals surface area contributed by atoms with E-state index in [4.69, 9.17) is 16.7 Å². The van der Waals surface area contributed by atoms with Crippen molar-refractivity contribution in [3.05, 3.63) is 16.0 Å². The summed E-state index contributed by atoms with van der Waals surface area (Å²) in [4.78, 5) is 20.8. The van der Waals surface area contributed by atoms with Crippen molar-refractivity contribution in [3.63, 3.8) is 0 Å². The molecule has 1 aliphatic rings. The van der Waals surface area contributed by atoms with Crippen LogP contribution in [0.5, 0.6) is 0 Å². The molecule has 1 amide bonds. The van der Waals surface area contributed by atoms with Gasteiger partial charge in [0, 0.05) is 13.0 Å². The van der Waals surface area contributed by atoms with Crippen LogP contribution in [0.2, 0.25) is 5.15 Å². The Morgan fingerprint density at radius 1 is 1.56 bits per heavy atom. The molecule has 1 aromatic rings. The van der Waals surface area contributed by atoms with Gasteiger partial charge < -0.3 is 0 Å². The van der Waals surface area contributed by atoms with E-state index in [1.54, 1.807) is 0 Å². The van der Waals surface area contributed by atoms with Gasteiger partial charge in [0.05, 0.1) is 6.20 Å². The lowest BCUT2D eigenvalue weighted by atomic mass is 10.4. The van der Waals surface area contributed by atoms with Crippen molar-refractivity contribution >= 4 is 49.3 Å². The zero-order valence-electron chi connectivity index (χ0n) is 8.88. The summed E-state index contributed by atoms with van der Waals surface area (Å²) in [7, 11) is -3.76. The van der Waals surface area contributed by atoms with E-state index in [9.17, 15) is 13.2 Å². The SMILES string of the molecule is NS(=O)(=O)C1CC(=O)N(c2nc(Cl)cnc2Br)C1. The number of sulfonamides is 1. The third-order valence-electron chi connectivity index (χ3n) is 2.49. The molecule has 0 saturated carbocycles. The van der Waals surface area contributed by atoms with Crippen LogP contribution in [0.1, 0.15) is 6.42 Å². The summed E-state index contributed by atoms with van der Waals surface area (Å²) in [5, 5.41) is 4.21. The molecule has 0 radical (unpaired) electrons. The smallest absolute Gasteiger partial charge is 0.229 e. The van der Waals surface area contributed by atoms with E-state index in [2.05, 4.69) is 25.9 Å². The lowest BCUT2D eigenvalue weighted by Crippen LogP contribution is -2.32. The van der Waals surface area contributed by atoms with Crippen molar-refractivity contribution in [2.75, 3.05) is 11.4 Å². The number of rotatable bonds is 2. The van der Waals surface area contributed by atoms with Crippen molar-refractivity contribution < 1.29 is 13.2 Å². The number of primary sulfonamides is 1. The second kappa shape index (κ2) is 4.72.